The highest BCUT2D eigenvalue weighted by Gasteiger charge is 2.23. The zero-order valence-electron chi connectivity index (χ0n) is 10.2. The number of nitrogens with one attached hydrogen (secondary N) is 1. The van der Waals surface area contributed by atoms with Crippen molar-refractivity contribution >= 4 is 27.4 Å². The van der Waals surface area contributed by atoms with Crippen molar-refractivity contribution in [2.45, 2.75) is 25.9 Å². The Balaban J connectivity index is 1.98. The lowest BCUT2D eigenvalue weighted by Gasteiger charge is -2.36. The SMILES string of the molecule is CC1CN(c2snc3ccccc23)CC(C)N1. The molecule has 0 saturated carbocycles. The first-order valence-electron chi connectivity index (χ1n) is 6.09. The quantitative estimate of drug-likeness (QED) is 0.839. The van der Waals surface area contributed by atoms with E-state index in [1.165, 1.54) is 10.4 Å². The van der Waals surface area contributed by atoms with Crippen molar-refractivity contribution in [3.63, 3.8) is 0 Å². The molecule has 1 aromatic carbocycles. The van der Waals surface area contributed by atoms with Crippen molar-refractivity contribution in [2.75, 3.05) is 18.0 Å². The Bertz CT molecular complexity index is 512. The van der Waals surface area contributed by atoms with Gasteiger partial charge in [-0.25, -0.2) is 0 Å². The number of nitrogens with zero attached hydrogens (tertiary/aromatic N) is 2. The van der Waals surface area contributed by atoms with E-state index in [4.69, 9.17) is 0 Å². The minimum Gasteiger partial charge on any atom is -0.359 e. The third-order valence-electron chi connectivity index (χ3n) is 3.21. The third kappa shape index (κ3) is 2.03. The van der Waals surface area contributed by atoms with E-state index in [0.29, 0.717) is 12.1 Å². The van der Waals surface area contributed by atoms with Crippen molar-refractivity contribution < 1.29 is 0 Å². The fraction of sp³-hybridized carbons (Fsp3) is 0.462. The van der Waals surface area contributed by atoms with E-state index in [-0.39, 0.29) is 0 Å². The fourth-order valence-electron chi connectivity index (χ4n) is 2.60. The van der Waals surface area contributed by atoms with Crippen molar-refractivity contribution in [3.8, 4) is 0 Å². The smallest absolute Gasteiger partial charge is 0.120 e. The number of hydrogen-bond acceptors (Lipinski definition) is 4. The van der Waals surface area contributed by atoms with Crippen molar-refractivity contribution in [2.24, 2.45) is 0 Å². The molecule has 1 aromatic heterocycles. The molecule has 4 heteroatoms. The molecule has 0 amide bonds. The van der Waals surface area contributed by atoms with Gasteiger partial charge in [0.2, 0.25) is 0 Å². The maximum atomic E-state index is 4.52. The lowest BCUT2D eigenvalue weighted by atomic mass is 10.1. The van der Waals surface area contributed by atoms with E-state index in [2.05, 4.69) is 52.7 Å². The minimum atomic E-state index is 0.541. The molecule has 0 aliphatic carbocycles. The van der Waals surface area contributed by atoms with Crippen LogP contribution >= 0.6 is 11.5 Å². The zero-order chi connectivity index (χ0) is 11.8. The normalized spacial score (nSPS) is 25.4. The Morgan fingerprint density at radius 1 is 1.24 bits per heavy atom. The monoisotopic (exact) mass is 247 g/mol. The number of rotatable bonds is 1. The van der Waals surface area contributed by atoms with Crippen LogP contribution in [-0.2, 0) is 0 Å². The number of anilines is 1. The van der Waals surface area contributed by atoms with Crippen LogP contribution in [0.5, 0.6) is 0 Å². The molecule has 1 fully saturated rings. The molecule has 17 heavy (non-hydrogen) atoms. The molecule has 2 aromatic rings. The van der Waals surface area contributed by atoms with Gasteiger partial charge in [-0.2, -0.15) is 4.37 Å². The van der Waals surface area contributed by atoms with E-state index in [1.807, 2.05) is 0 Å². The fourth-order valence-corrected chi connectivity index (χ4v) is 3.48. The molecule has 90 valence electrons. The zero-order valence-corrected chi connectivity index (χ0v) is 11.0. The maximum Gasteiger partial charge on any atom is 0.120 e. The minimum absolute atomic E-state index is 0.541. The predicted molar refractivity (Wildman–Crippen MR) is 73.9 cm³/mol. The molecule has 0 radical (unpaired) electrons. The van der Waals surface area contributed by atoms with Gasteiger partial charge in [0, 0.05) is 30.6 Å². The topological polar surface area (TPSA) is 28.2 Å². The summed E-state index contributed by atoms with van der Waals surface area (Å²) in [6.07, 6.45) is 0. The second kappa shape index (κ2) is 4.27. The molecule has 2 atom stereocenters. The van der Waals surface area contributed by atoms with Crippen LogP contribution in [0, 0.1) is 0 Å². The Kier molecular flexibility index (Phi) is 2.76. The molecule has 3 rings (SSSR count). The van der Waals surface area contributed by atoms with Crippen LogP contribution in [0.4, 0.5) is 5.00 Å². The van der Waals surface area contributed by atoms with Gasteiger partial charge in [0.15, 0.2) is 0 Å². The summed E-state index contributed by atoms with van der Waals surface area (Å²) in [7, 11) is 0. The molecular weight excluding hydrogens is 230 g/mol. The van der Waals surface area contributed by atoms with Gasteiger partial charge in [-0.1, -0.05) is 12.1 Å². The predicted octanol–water partition coefficient (Wildman–Crippen LogP) is 2.48. The molecule has 1 saturated heterocycles. The average molecular weight is 247 g/mol. The highest BCUT2D eigenvalue weighted by atomic mass is 32.1. The van der Waals surface area contributed by atoms with E-state index in [0.717, 1.165) is 18.6 Å². The molecule has 1 aliphatic heterocycles. The van der Waals surface area contributed by atoms with Crippen LogP contribution in [0.2, 0.25) is 0 Å². The number of hydrogen-bond donors (Lipinski definition) is 1. The first-order valence-corrected chi connectivity index (χ1v) is 6.87. The first-order chi connectivity index (χ1) is 8.24. The standard InChI is InChI=1S/C13H17N3S/c1-9-7-16(8-10(2)14-9)13-11-5-3-4-6-12(11)15-17-13/h3-6,9-10,14H,7-8H2,1-2H3. The van der Waals surface area contributed by atoms with Crippen LogP contribution in [-0.4, -0.2) is 29.5 Å². The summed E-state index contributed by atoms with van der Waals surface area (Å²) in [5, 5.41) is 6.17. The van der Waals surface area contributed by atoms with Crippen molar-refractivity contribution in [1.82, 2.24) is 9.69 Å². The Labute approximate surface area is 106 Å². The van der Waals surface area contributed by atoms with Gasteiger partial charge in [-0.3, -0.25) is 0 Å². The van der Waals surface area contributed by atoms with Crippen molar-refractivity contribution in [1.29, 1.82) is 0 Å². The van der Waals surface area contributed by atoms with Gasteiger partial charge in [0.25, 0.3) is 0 Å². The molecule has 2 unspecified atom stereocenters. The number of benzene rings is 1. The van der Waals surface area contributed by atoms with Gasteiger partial charge in [0.1, 0.15) is 5.00 Å². The molecule has 0 spiro atoms. The van der Waals surface area contributed by atoms with Crippen LogP contribution in [0.3, 0.4) is 0 Å². The van der Waals surface area contributed by atoms with E-state index in [9.17, 15) is 0 Å². The second-order valence-electron chi connectivity index (χ2n) is 4.88. The van der Waals surface area contributed by atoms with Gasteiger partial charge in [-0.05, 0) is 37.5 Å². The van der Waals surface area contributed by atoms with E-state index in [1.54, 1.807) is 11.5 Å². The first kappa shape index (κ1) is 11.0. The largest absolute Gasteiger partial charge is 0.359 e. The van der Waals surface area contributed by atoms with Crippen LogP contribution in [0.1, 0.15) is 13.8 Å². The van der Waals surface area contributed by atoms with Crippen LogP contribution in [0.25, 0.3) is 10.9 Å². The molecule has 1 N–H and O–H groups in total. The summed E-state index contributed by atoms with van der Waals surface area (Å²) in [6.45, 7) is 6.62. The number of fused-ring (bicyclic) bond motifs is 1. The average Bonchev–Trinajstić information content (AvgIpc) is 2.71. The van der Waals surface area contributed by atoms with E-state index < -0.39 is 0 Å². The molecule has 1 aliphatic rings. The summed E-state index contributed by atoms with van der Waals surface area (Å²) in [6, 6.07) is 9.49. The number of piperazine rings is 1. The Morgan fingerprint density at radius 2 is 1.94 bits per heavy atom. The number of aromatic nitrogens is 1. The Hall–Kier alpha value is -1.13. The maximum absolute atomic E-state index is 4.52. The second-order valence-corrected chi connectivity index (χ2v) is 5.63. The van der Waals surface area contributed by atoms with Crippen molar-refractivity contribution in [3.05, 3.63) is 24.3 Å². The van der Waals surface area contributed by atoms with Gasteiger partial charge in [0.05, 0.1) is 5.52 Å². The summed E-state index contributed by atoms with van der Waals surface area (Å²) in [4.78, 5) is 2.46. The molecular formula is C13H17N3S. The summed E-state index contributed by atoms with van der Waals surface area (Å²) >= 11 is 1.62. The van der Waals surface area contributed by atoms with E-state index >= 15 is 0 Å². The van der Waals surface area contributed by atoms with Gasteiger partial charge in [-0.15, -0.1) is 0 Å². The molecule has 0 bridgehead atoms. The molecule has 3 nitrogen and oxygen atoms in total. The summed E-state index contributed by atoms with van der Waals surface area (Å²) in [5.74, 6) is 0. The van der Waals surface area contributed by atoms with Gasteiger partial charge >= 0.3 is 0 Å². The highest BCUT2D eigenvalue weighted by molar-refractivity contribution is 7.11. The van der Waals surface area contributed by atoms with Crippen LogP contribution in [0.15, 0.2) is 24.3 Å². The summed E-state index contributed by atoms with van der Waals surface area (Å²) < 4.78 is 4.52. The lowest BCUT2D eigenvalue weighted by molar-refractivity contribution is 0.408. The molecule has 2 heterocycles. The third-order valence-corrected chi connectivity index (χ3v) is 4.15. The highest BCUT2D eigenvalue weighted by Crippen LogP contribution is 2.32. The Morgan fingerprint density at radius 3 is 2.71 bits per heavy atom. The lowest BCUT2D eigenvalue weighted by Crippen LogP contribution is -2.54. The van der Waals surface area contributed by atoms with Gasteiger partial charge < -0.3 is 10.2 Å². The van der Waals surface area contributed by atoms with Crippen LogP contribution < -0.4 is 10.2 Å². The summed E-state index contributed by atoms with van der Waals surface area (Å²) in [5.41, 5.74) is 1.12.